The third kappa shape index (κ3) is 6.33. The van der Waals surface area contributed by atoms with Crippen LogP contribution in [0.1, 0.15) is 26.2 Å². The van der Waals surface area contributed by atoms with Crippen LogP contribution in [0.15, 0.2) is 0 Å². The smallest absolute Gasteiger partial charge is 0.234 e. The van der Waals surface area contributed by atoms with E-state index in [0.717, 1.165) is 12.8 Å². The lowest BCUT2D eigenvalue weighted by Gasteiger charge is -2.21. The quantitative estimate of drug-likeness (QED) is 0.590. The van der Waals surface area contributed by atoms with Crippen LogP contribution in [0.25, 0.3) is 0 Å². The van der Waals surface area contributed by atoms with E-state index in [-0.39, 0.29) is 36.5 Å². The summed E-state index contributed by atoms with van der Waals surface area (Å²) < 4.78 is 22.6. The first-order valence-electron chi connectivity index (χ1n) is 6.83. The van der Waals surface area contributed by atoms with Crippen molar-refractivity contribution >= 4 is 21.7 Å². The second-order valence-corrected chi connectivity index (χ2v) is 7.43. The van der Waals surface area contributed by atoms with E-state index >= 15 is 0 Å². The predicted molar refractivity (Wildman–Crippen MR) is 75.7 cm³/mol. The molecule has 1 rings (SSSR count). The normalized spacial score (nSPS) is 21.0. The van der Waals surface area contributed by atoms with Gasteiger partial charge in [-0.05, 0) is 19.4 Å². The van der Waals surface area contributed by atoms with E-state index in [4.69, 9.17) is 5.73 Å². The largest absolute Gasteiger partial charge is 0.369 e. The summed E-state index contributed by atoms with van der Waals surface area (Å²) in [6.07, 6.45) is 2.29. The third-order valence-electron chi connectivity index (χ3n) is 3.17. The van der Waals surface area contributed by atoms with E-state index in [9.17, 15) is 18.0 Å². The Morgan fingerprint density at radius 3 is 2.55 bits per heavy atom. The first-order valence-corrected chi connectivity index (χ1v) is 8.65. The molecule has 0 bridgehead atoms. The summed E-state index contributed by atoms with van der Waals surface area (Å²) in [4.78, 5) is 24.5. The summed E-state index contributed by atoms with van der Waals surface area (Å²) in [6.45, 7) is 2.75. The molecule has 1 fully saturated rings. The molecular weight excluding hydrogens is 282 g/mol. The lowest BCUT2D eigenvalue weighted by Crippen LogP contribution is -2.45. The average Bonchev–Trinajstić information content (AvgIpc) is 2.64. The molecule has 2 amide bonds. The molecule has 0 aromatic heterocycles. The summed E-state index contributed by atoms with van der Waals surface area (Å²) in [7, 11) is -3.01. The second kappa shape index (κ2) is 7.58. The van der Waals surface area contributed by atoms with Crippen LogP contribution >= 0.6 is 0 Å². The molecule has 0 spiro atoms. The number of hydrogen-bond acceptors (Lipinski definition) is 5. The SMILES string of the molecule is CCCCN(CC(N)=O)CC(=O)NC1CCS(=O)(=O)C1. The van der Waals surface area contributed by atoms with E-state index in [0.29, 0.717) is 13.0 Å². The average molecular weight is 305 g/mol. The van der Waals surface area contributed by atoms with Crippen LogP contribution in [-0.2, 0) is 19.4 Å². The number of hydrogen-bond donors (Lipinski definition) is 2. The molecule has 0 aliphatic carbocycles. The Kier molecular flexibility index (Phi) is 6.41. The van der Waals surface area contributed by atoms with E-state index in [1.165, 1.54) is 0 Å². The molecule has 3 N–H and O–H groups in total. The molecule has 1 unspecified atom stereocenters. The molecule has 1 atom stereocenters. The molecule has 1 aliphatic rings. The van der Waals surface area contributed by atoms with Gasteiger partial charge in [0.2, 0.25) is 11.8 Å². The van der Waals surface area contributed by atoms with Crippen LogP contribution in [0.4, 0.5) is 0 Å². The Hall–Kier alpha value is -1.15. The Balaban J connectivity index is 2.43. The van der Waals surface area contributed by atoms with Crippen LogP contribution in [0.2, 0.25) is 0 Å². The first-order chi connectivity index (χ1) is 9.32. The highest BCUT2D eigenvalue weighted by Crippen LogP contribution is 2.11. The molecule has 116 valence electrons. The summed E-state index contributed by atoms with van der Waals surface area (Å²) in [5.41, 5.74) is 5.15. The van der Waals surface area contributed by atoms with Crippen LogP contribution in [-0.4, -0.2) is 62.3 Å². The number of nitrogens with two attached hydrogens (primary N) is 1. The second-order valence-electron chi connectivity index (χ2n) is 5.20. The van der Waals surface area contributed by atoms with Gasteiger partial charge < -0.3 is 11.1 Å². The van der Waals surface area contributed by atoms with Crippen LogP contribution < -0.4 is 11.1 Å². The van der Waals surface area contributed by atoms with Gasteiger partial charge in [0, 0.05) is 6.04 Å². The summed E-state index contributed by atoms with van der Waals surface area (Å²) >= 11 is 0. The van der Waals surface area contributed by atoms with Crippen molar-refractivity contribution in [1.29, 1.82) is 0 Å². The van der Waals surface area contributed by atoms with Crippen molar-refractivity contribution in [2.45, 2.75) is 32.2 Å². The number of primary amides is 1. The molecule has 7 nitrogen and oxygen atoms in total. The first kappa shape index (κ1) is 16.9. The number of nitrogens with zero attached hydrogens (tertiary/aromatic N) is 1. The molecule has 0 radical (unpaired) electrons. The Bertz CT molecular complexity index is 450. The van der Waals surface area contributed by atoms with Crippen LogP contribution in [0, 0.1) is 0 Å². The molecule has 0 aromatic rings. The number of carbonyl (C=O) groups is 2. The zero-order chi connectivity index (χ0) is 15.2. The summed E-state index contributed by atoms with van der Waals surface area (Å²) in [6, 6.07) is -0.311. The molecule has 1 heterocycles. The van der Waals surface area contributed by atoms with Crippen molar-refractivity contribution in [3.8, 4) is 0 Å². The number of amides is 2. The van der Waals surface area contributed by atoms with Crippen molar-refractivity contribution in [2.24, 2.45) is 5.73 Å². The zero-order valence-electron chi connectivity index (χ0n) is 11.8. The fourth-order valence-electron chi connectivity index (χ4n) is 2.20. The maximum absolute atomic E-state index is 11.9. The lowest BCUT2D eigenvalue weighted by molar-refractivity contribution is -0.124. The van der Waals surface area contributed by atoms with Gasteiger partial charge in [-0.25, -0.2) is 8.42 Å². The Labute approximate surface area is 119 Å². The molecule has 1 aliphatic heterocycles. The van der Waals surface area contributed by atoms with E-state index in [1.54, 1.807) is 4.90 Å². The van der Waals surface area contributed by atoms with Crippen molar-refractivity contribution in [3.63, 3.8) is 0 Å². The van der Waals surface area contributed by atoms with Crippen molar-refractivity contribution in [3.05, 3.63) is 0 Å². The topological polar surface area (TPSA) is 110 Å². The third-order valence-corrected chi connectivity index (χ3v) is 4.94. The van der Waals surface area contributed by atoms with Gasteiger partial charge in [0.15, 0.2) is 9.84 Å². The molecular formula is C12H23N3O4S. The number of carbonyl (C=O) groups excluding carboxylic acids is 2. The van der Waals surface area contributed by atoms with Crippen LogP contribution in [0.3, 0.4) is 0 Å². The standard InChI is InChI=1S/C12H23N3O4S/c1-2-3-5-15(7-11(13)16)8-12(17)14-10-4-6-20(18,19)9-10/h10H,2-9H2,1H3,(H2,13,16)(H,14,17). The number of sulfone groups is 1. The highest BCUT2D eigenvalue weighted by Gasteiger charge is 2.29. The minimum atomic E-state index is -3.01. The van der Waals surface area contributed by atoms with Gasteiger partial charge >= 0.3 is 0 Å². The highest BCUT2D eigenvalue weighted by molar-refractivity contribution is 7.91. The number of rotatable bonds is 8. The predicted octanol–water partition coefficient (Wildman–Crippen LogP) is -1.12. The summed E-state index contributed by atoms with van der Waals surface area (Å²) in [5, 5.41) is 2.70. The molecule has 20 heavy (non-hydrogen) atoms. The van der Waals surface area contributed by atoms with E-state index in [1.807, 2.05) is 6.92 Å². The minimum Gasteiger partial charge on any atom is -0.369 e. The molecule has 0 aromatic carbocycles. The van der Waals surface area contributed by atoms with Gasteiger partial charge in [0.05, 0.1) is 24.6 Å². The minimum absolute atomic E-state index is 0.00349. The monoisotopic (exact) mass is 305 g/mol. The van der Waals surface area contributed by atoms with Gasteiger partial charge in [-0.1, -0.05) is 13.3 Å². The van der Waals surface area contributed by atoms with Crippen molar-refractivity contribution in [1.82, 2.24) is 10.2 Å². The molecule has 8 heteroatoms. The Morgan fingerprint density at radius 1 is 1.35 bits per heavy atom. The number of nitrogens with one attached hydrogen (secondary N) is 1. The Morgan fingerprint density at radius 2 is 2.05 bits per heavy atom. The molecule has 0 saturated carbocycles. The van der Waals surface area contributed by atoms with Crippen molar-refractivity contribution < 1.29 is 18.0 Å². The van der Waals surface area contributed by atoms with Gasteiger partial charge in [0.1, 0.15) is 0 Å². The maximum atomic E-state index is 11.9. The van der Waals surface area contributed by atoms with Gasteiger partial charge in [-0.3, -0.25) is 14.5 Å². The lowest BCUT2D eigenvalue weighted by atomic mass is 10.2. The fraction of sp³-hybridized carbons (Fsp3) is 0.833. The maximum Gasteiger partial charge on any atom is 0.234 e. The number of unbranched alkanes of at least 4 members (excludes halogenated alkanes) is 1. The highest BCUT2D eigenvalue weighted by atomic mass is 32.2. The summed E-state index contributed by atoms with van der Waals surface area (Å²) in [5.74, 6) is -0.607. The zero-order valence-corrected chi connectivity index (χ0v) is 12.6. The van der Waals surface area contributed by atoms with Gasteiger partial charge in [-0.15, -0.1) is 0 Å². The van der Waals surface area contributed by atoms with Gasteiger partial charge in [-0.2, -0.15) is 0 Å². The van der Waals surface area contributed by atoms with E-state index in [2.05, 4.69) is 5.32 Å². The van der Waals surface area contributed by atoms with Crippen LogP contribution in [0.5, 0.6) is 0 Å². The molecule has 1 saturated heterocycles. The van der Waals surface area contributed by atoms with Gasteiger partial charge in [0.25, 0.3) is 0 Å². The van der Waals surface area contributed by atoms with E-state index < -0.39 is 15.7 Å². The fourth-order valence-corrected chi connectivity index (χ4v) is 3.87. The van der Waals surface area contributed by atoms with Crippen molar-refractivity contribution in [2.75, 3.05) is 31.1 Å².